The predicted molar refractivity (Wildman–Crippen MR) is 115 cm³/mol. The maximum absolute atomic E-state index is 12.7. The van der Waals surface area contributed by atoms with Crippen molar-refractivity contribution in [1.82, 2.24) is 5.32 Å². The second kappa shape index (κ2) is 9.52. The lowest BCUT2D eigenvalue weighted by Gasteiger charge is -2.26. The lowest BCUT2D eigenvalue weighted by Crippen LogP contribution is -2.35. The number of methoxy groups -OCH3 is 3. The third-order valence-corrected chi connectivity index (χ3v) is 5.30. The summed E-state index contributed by atoms with van der Waals surface area (Å²) in [5.74, 6) is 1.50. The molecule has 0 spiro atoms. The van der Waals surface area contributed by atoms with Crippen molar-refractivity contribution in [3.63, 3.8) is 0 Å². The average Bonchev–Trinajstić information content (AvgIpc) is 2.78. The Morgan fingerprint density at radius 1 is 1.00 bits per heavy atom. The van der Waals surface area contributed by atoms with E-state index in [4.69, 9.17) is 14.2 Å². The van der Waals surface area contributed by atoms with Crippen molar-refractivity contribution in [3.8, 4) is 17.2 Å². The van der Waals surface area contributed by atoms with Crippen LogP contribution in [0, 0.1) is 0 Å². The molecule has 160 valence electrons. The summed E-state index contributed by atoms with van der Waals surface area (Å²) in [7, 11) is 4.66. The Bertz CT molecular complexity index is 885. The molecule has 1 heterocycles. The SMILES string of the molecule is COc1cc(C(C)NC(=O)c2ccc(N3CCCCC3=O)cc2)cc(OC)c1OC. The van der Waals surface area contributed by atoms with Crippen LogP contribution in [0.5, 0.6) is 17.2 Å². The molecule has 1 aliphatic rings. The molecule has 0 radical (unpaired) electrons. The van der Waals surface area contributed by atoms with Crippen molar-refractivity contribution in [2.24, 2.45) is 0 Å². The zero-order chi connectivity index (χ0) is 21.7. The van der Waals surface area contributed by atoms with E-state index in [1.807, 2.05) is 31.2 Å². The Morgan fingerprint density at radius 2 is 1.63 bits per heavy atom. The van der Waals surface area contributed by atoms with Crippen LogP contribution in [-0.4, -0.2) is 39.7 Å². The molecule has 30 heavy (non-hydrogen) atoms. The number of rotatable bonds is 7. The van der Waals surface area contributed by atoms with Gasteiger partial charge in [0.05, 0.1) is 27.4 Å². The number of hydrogen-bond donors (Lipinski definition) is 1. The molecule has 1 unspecified atom stereocenters. The van der Waals surface area contributed by atoms with Gasteiger partial charge >= 0.3 is 0 Å². The van der Waals surface area contributed by atoms with Crippen LogP contribution in [0.4, 0.5) is 5.69 Å². The number of nitrogens with one attached hydrogen (secondary N) is 1. The van der Waals surface area contributed by atoms with Gasteiger partial charge < -0.3 is 24.4 Å². The van der Waals surface area contributed by atoms with E-state index in [9.17, 15) is 9.59 Å². The minimum atomic E-state index is -0.283. The van der Waals surface area contributed by atoms with E-state index in [-0.39, 0.29) is 17.9 Å². The van der Waals surface area contributed by atoms with Crippen LogP contribution in [0.25, 0.3) is 0 Å². The molecule has 0 bridgehead atoms. The molecule has 0 aromatic heterocycles. The Balaban J connectivity index is 1.73. The fraction of sp³-hybridized carbons (Fsp3) is 0.391. The number of hydrogen-bond acceptors (Lipinski definition) is 5. The van der Waals surface area contributed by atoms with E-state index in [1.165, 1.54) is 0 Å². The van der Waals surface area contributed by atoms with E-state index in [0.29, 0.717) is 29.2 Å². The van der Waals surface area contributed by atoms with E-state index < -0.39 is 0 Å². The average molecular weight is 412 g/mol. The fourth-order valence-corrected chi connectivity index (χ4v) is 3.59. The molecule has 1 saturated heterocycles. The smallest absolute Gasteiger partial charge is 0.251 e. The maximum Gasteiger partial charge on any atom is 0.251 e. The van der Waals surface area contributed by atoms with Crippen LogP contribution in [0.15, 0.2) is 36.4 Å². The van der Waals surface area contributed by atoms with Gasteiger partial charge in [0, 0.05) is 24.2 Å². The molecule has 2 aromatic carbocycles. The zero-order valence-electron chi connectivity index (χ0n) is 17.9. The summed E-state index contributed by atoms with van der Waals surface area (Å²) < 4.78 is 16.1. The van der Waals surface area contributed by atoms with Gasteiger partial charge in [0.15, 0.2) is 11.5 Å². The first-order chi connectivity index (χ1) is 14.5. The Labute approximate surface area is 176 Å². The highest BCUT2D eigenvalue weighted by Gasteiger charge is 2.21. The highest BCUT2D eigenvalue weighted by molar-refractivity contribution is 5.97. The van der Waals surface area contributed by atoms with E-state index in [1.54, 1.807) is 38.4 Å². The first kappa shape index (κ1) is 21.5. The summed E-state index contributed by atoms with van der Waals surface area (Å²) in [6.45, 7) is 2.61. The number of carbonyl (C=O) groups is 2. The van der Waals surface area contributed by atoms with Crippen LogP contribution < -0.4 is 24.4 Å². The Kier molecular flexibility index (Phi) is 6.82. The lowest BCUT2D eigenvalue weighted by atomic mass is 10.1. The number of benzene rings is 2. The summed E-state index contributed by atoms with van der Waals surface area (Å²) >= 11 is 0. The van der Waals surface area contributed by atoms with Crippen LogP contribution in [0.2, 0.25) is 0 Å². The Hall–Kier alpha value is -3.22. The first-order valence-electron chi connectivity index (χ1n) is 9.99. The number of anilines is 1. The first-order valence-corrected chi connectivity index (χ1v) is 9.99. The molecule has 1 aliphatic heterocycles. The standard InChI is InChI=1S/C23H28N2O5/c1-15(17-13-19(28-2)22(30-4)20(14-17)29-3)24-23(27)16-8-10-18(11-9-16)25-12-6-5-7-21(25)26/h8-11,13-15H,5-7,12H2,1-4H3,(H,24,27). The van der Waals surface area contributed by atoms with Crippen molar-refractivity contribution in [2.75, 3.05) is 32.8 Å². The second-order valence-electron chi connectivity index (χ2n) is 7.20. The molecule has 3 rings (SSSR count). The van der Waals surface area contributed by atoms with Crippen molar-refractivity contribution in [1.29, 1.82) is 0 Å². The number of nitrogens with zero attached hydrogens (tertiary/aromatic N) is 1. The minimum Gasteiger partial charge on any atom is -0.493 e. The van der Waals surface area contributed by atoms with Gasteiger partial charge in [0.25, 0.3) is 5.91 Å². The molecular weight excluding hydrogens is 384 g/mol. The largest absolute Gasteiger partial charge is 0.493 e. The molecule has 1 atom stereocenters. The van der Waals surface area contributed by atoms with Gasteiger partial charge in [0.2, 0.25) is 11.7 Å². The fourth-order valence-electron chi connectivity index (χ4n) is 3.59. The summed E-state index contributed by atoms with van der Waals surface area (Å²) in [5.41, 5.74) is 2.19. The monoisotopic (exact) mass is 412 g/mol. The quantitative estimate of drug-likeness (QED) is 0.750. The van der Waals surface area contributed by atoms with E-state index in [2.05, 4.69) is 5.32 Å². The Morgan fingerprint density at radius 3 is 2.17 bits per heavy atom. The van der Waals surface area contributed by atoms with Gasteiger partial charge in [-0.25, -0.2) is 0 Å². The number of ether oxygens (including phenoxy) is 3. The number of carbonyl (C=O) groups excluding carboxylic acids is 2. The van der Waals surface area contributed by atoms with Crippen LogP contribution in [-0.2, 0) is 4.79 Å². The van der Waals surface area contributed by atoms with Crippen LogP contribution >= 0.6 is 0 Å². The lowest BCUT2D eigenvalue weighted by molar-refractivity contribution is -0.119. The highest BCUT2D eigenvalue weighted by Crippen LogP contribution is 2.39. The summed E-state index contributed by atoms with van der Waals surface area (Å²) in [6.07, 6.45) is 2.52. The van der Waals surface area contributed by atoms with Crippen LogP contribution in [0.1, 0.15) is 48.1 Å². The summed E-state index contributed by atoms with van der Waals surface area (Å²) in [6, 6.07) is 10.5. The van der Waals surface area contributed by atoms with Gasteiger partial charge in [-0.05, 0) is 61.7 Å². The molecule has 0 aliphatic carbocycles. The molecule has 7 heteroatoms. The number of amides is 2. The molecule has 0 saturated carbocycles. The van der Waals surface area contributed by atoms with Gasteiger partial charge in [-0.2, -0.15) is 0 Å². The zero-order valence-corrected chi connectivity index (χ0v) is 17.9. The molecule has 7 nitrogen and oxygen atoms in total. The molecule has 2 aromatic rings. The van der Waals surface area contributed by atoms with Crippen molar-refractivity contribution in [3.05, 3.63) is 47.5 Å². The minimum absolute atomic E-state index is 0.134. The van der Waals surface area contributed by atoms with Gasteiger partial charge in [0.1, 0.15) is 0 Å². The van der Waals surface area contributed by atoms with Crippen molar-refractivity contribution in [2.45, 2.75) is 32.2 Å². The molecule has 1 N–H and O–H groups in total. The van der Waals surface area contributed by atoms with Crippen molar-refractivity contribution < 1.29 is 23.8 Å². The highest BCUT2D eigenvalue weighted by atomic mass is 16.5. The summed E-state index contributed by atoms with van der Waals surface area (Å²) in [5, 5.41) is 2.99. The van der Waals surface area contributed by atoms with Gasteiger partial charge in [-0.15, -0.1) is 0 Å². The normalized spacial score (nSPS) is 14.8. The third-order valence-electron chi connectivity index (χ3n) is 5.30. The predicted octanol–water partition coefficient (Wildman–Crippen LogP) is 3.72. The molecular formula is C23H28N2O5. The molecule has 1 fully saturated rings. The van der Waals surface area contributed by atoms with Crippen molar-refractivity contribution >= 4 is 17.5 Å². The maximum atomic E-state index is 12.7. The number of piperidine rings is 1. The topological polar surface area (TPSA) is 77.1 Å². The van der Waals surface area contributed by atoms with E-state index >= 15 is 0 Å². The van der Waals surface area contributed by atoms with E-state index in [0.717, 1.165) is 30.6 Å². The summed E-state index contributed by atoms with van der Waals surface area (Å²) in [4.78, 5) is 26.6. The molecule has 2 amide bonds. The third kappa shape index (κ3) is 4.50. The van der Waals surface area contributed by atoms with Gasteiger partial charge in [-0.1, -0.05) is 0 Å². The van der Waals surface area contributed by atoms with Gasteiger partial charge in [-0.3, -0.25) is 9.59 Å². The second-order valence-corrected chi connectivity index (χ2v) is 7.20. The van der Waals surface area contributed by atoms with Crippen LogP contribution in [0.3, 0.4) is 0 Å².